The van der Waals surface area contributed by atoms with Gasteiger partial charge in [-0.05, 0) is 39.0 Å². The third-order valence-corrected chi connectivity index (χ3v) is 3.97. The van der Waals surface area contributed by atoms with Gasteiger partial charge in [-0.1, -0.05) is 40.5 Å². The van der Waals surface area contributed by atoms with Gasteiger partial charge in [-0.2, -0.15) is 0 Å². The second-order valence-electron chi connectivity index (χ2n) is 5.19. The number of ether oxygens (including phenoxy) is 1. The van der Waals surface area contributed by atoms with Crippen LogP contribution in [0, 0.1) is 0 Å². The lowest BCUT2D eigenvalue weighted by Crippen LogP contribution is -2.43. The Kier molecular flexibility index (Phi) is 11.8. The molecule has 0 aromatic carbocycles. The van der Waals surface area contributed by atoms with Crippen LogP contribution in [0.4, 0.5) is 0 Å². The monoisotopic (exact) mass is 286 g/mol. The molecule has 4 nitrogen and oxygen atoms in total. The minimum Gasteiger partial charge on any atom is -0.468 e. The summed E-state index contributed by atoms with van der Waals surface area (Å²) in [7, 11) is 1.49. The van der Waals surface area contributed by atoms with Gasteiger partial charge in [-0.25, -0.2) is 0 Å². The molecule has 0 rings (SSSR count). The zero-order chi connectivity index (χ0) is 15.4. The zero-order valence-corrected chi connectivity index (χ0v) is 14.2. The largest absolute Gasteiger partial charge is 0.468 e. The lowest BCUT2D eigenvalue weighted by molar-refractivity contribution is -0.147. The predicted octanol–water partition coefficient (Wildman–Crippen LogP) is 2.77. The van der Waals surface area contributed by atoms with Crippen molar-refractivity contribution in [3.05, 3.63) is 0 Å². The molecule has 0 aliphatic carbocycles. The summed E-state index contributed by atoms with van der Waals surface area (Å²) in [5, 5.41) is 0. The first-order valence-electron chi connectivity index (χ1n) is 8.18. The van der Waals surface area contributed by atoms with E-state index in [2.05, 4.69) is 37.5 Å². The second kappa shape index (κ2) is 12.2. The Bertz CT molecular complexity index is 243. The average Bonchev–Trinajstić information content (AvgIpc) is 2.49. The molecule has 0 heterocycles. The Morgan fingerprint density at radius 2 is 1.65 bits per heavy atom. The number of hydrogen-bond acceptors (Lipinski definition) is 4. The van der Waals surface area contributed by atoms with Gasteiger partial charge in [0.15, 0.2) is 0 Å². The zero-order valence-electron chi connectivity index (χ0n) is 14.2. The maximum Gasteiger partial charge on any atom is 0.323 e. The van der Waals surface area contributed by atoms with E-state index in [1.165, 1.54) is 7.11 Å². The average molecular weight is 286 g/mol. The van der Waals surface area contributed by atoms with Gasteiger partial charge < -0.3 is 9.64 Å². The standard InChI is InChI=1S/C16H34N2O2/c1-6-10-12-15(16(19)20-5)18(9-4)14-11-13-17(7-2)8-3/h15H,6-14H2,1-5H3. The molecule has 1 unspecified atom stereocenters. The molecule has 120 valence electrons. The third-order valence-electron chi connectivity index (χ3n) is 3.97. The summed E-state index contributed by atoms with van der Waals surface area (Å²) >= 11 is 0. The first kappa shape index (κ1) is 19.4. The van der Waals surface area contributed by atoms with E-state index < -0.39 is 0 Å². The van der Waals surface area contributed by atoms with E-state index in [1.54, 1.807) is 0 Å². The Balaban J connectivity index is 4.38. The maximum atomic E-state index is 12.0. The van der Waals surface area contributed by atoms with Crippen molar-refractivity contribution in [1.82, 2.24) is 9.80 Å². The molecule has 0 aliphatic heterocycles. The molecule has 4 heteroatoms. The SMILES string of the molecule is CCCCC(C(=O)OC)N(CC)CCCN(CC)CC. The molecule has 0 amide bonds. The number of carbonyl (C=O) groups is 1. The highest BCUT2D eigenvalue weighted by Crippen LogP contribution is 2.11. The van der Waals surface area contributed by atoms with E-state index in [9.17, 15) is 4.79 Å². The van der Waals surface area contributed by atoms with Crippen LogP contribution in [-0.2, 0) is 9.53 Å². The lowest BCUT2D eigenvalue weighted by Gasteiger charge is -2.29. The number of unbranched alkanes of at least 4 members (excludes halogenated alkanes) is 1. The highest BCUT2D eigenvalue weighted by molar-refractivity contribution is 5.75. The summed E-state index contributed by atoms with van der Waals surface area (Å²) in [6.07, 6.45) is 4.20. The van der Waals surface area contributed by atoms with Crippen molar-refractivity contribution < 1.29 is 9.53 Å². The Hall–Kier alpha value is -0.610. The molecule has 0 aliphatic rings. The van der Waals surface area contributed by atoms with Gasteiger partial charge in [-0.3, -0.25) is 9.69 Å². The fourth-order valence-corrected chi connectivity index (χ4v) is 2.55. The normalized spacial score (nSPS) is 12.9. The van der Waals surface area contributed by atoms with Crippen molar-refractivity contribution in [1.29, 1.82) is 0 Å². The number of rotatable bonds is 12. The minimum absolute atomic E-state index is 0.0679. The molecular weight excluding hydrogens is 252 g/mol. The van der Waals surface area contributed by atoms with Crippen molar-refractivity contribution in [3.63, 3.8) is 0 Å². The maximum absolute atomic E-state index is 12.0. The van der Waals surface area contributed by atoms with Crippen LogP contribution < -0.4 is 0 Å². The van der Waals surface area contributed by atoms with E-state index in [-0.39, 0.29) is 12.0 Å². The summed E-state index contributed by atoms with van der Waals surface area (Å²) < 4.78 is 4.97. The van der Waals surface area contributed by atoms with Crippen LogP contribution in [0.1, 0.15) is 53.4 Å². The Morgan fingerprint density at radius 1 is 1.00 bits per heavy atom. The molecule has 1 atom stereocenters. The van der Waals surface area contributed by atoms with E-state index in [0.717, 1.165) is 58.4 Å². The lowest BCUT2D eigenvalue weighted by atomic mass is 10.1. The molecular formula is C16H34N2O2. The number of carbonyl (C=O) groups excluding carboxylic acids is 1. The van der Waals surface area contributed by atoms with Gasteiger partial charge in [0, 0.05) is 6.54 Å². The van der Waals surface area contributed by atoms with Gasteiger partial charge in [0.2, 0.25) is 0 Å². The predicted molar refractivity (Wildman–Crippen MR) is 85.0 cm³/mol. The number of methoxy groups -OCH3 is 1. The fourth-order valence-electron chi connectivity index (χ4n) is 2.55. The molecule has 0 saturated carbocycles. The molecule has 0 saturated heterocycles. The molecule has 0 aromatic heterocycles. The van der Waals surface area contributed by atoms with Gasteiger partial charge >= 0.3 is 5.97 Å². The van der Waals surface area contributed by atoms with Crippen LogP contribution in [0.5, 0.6) is 0 Å². The Labute approximate surface area is 125 Å². The van der Waals surface area contributed by atoms with E-state index in [4.69, 9.17) is 4.74 Å². The third kappa shape index (κ3) is 7.25. The quantitative estimate of drug-likeness (QED) is 0.517. The summed E-state index contributed by atoms with van der Waals surface area (Å²) in [4.78, 5) is 16.6. The van der Waals surface area contributed by atoms with Crippen molar-refractivity contribution in [2.45, 2.75) is 59.4 Å². The molecule has 0 fully saturated rings. The molecule has 0 N–H and O–H groups in total. The van der Waals surface area contributed by atoms with Crippen LogP contribution >= 0.6 is 0 Å². The summed E-state index contributed by atoms with van der Waals surface area (Å²) in [6, 6.07) is -0.0679. The van der Waals surface area contributed by atoms with E-state index in [0.29, 0.717) is 0 Å². The number of likely N-dealkylation sites (N-methyl/N-ethyl adjacent to an activating group) is 1. The molecule has 0 spiro atoms. The summed E-state index contributed by atoms with van der Waals surface area (Å²) in [6.45, 7) is 13.8. The van der Waals surface area contributed by atoms with Crippen LogP contribution in [0.2, 0.25) is 0 Å². The van der Waals surface area contributed by atoms with Crippen LogP contribution in [0.25, 0.3) is 0 Å². The first-order valence-corrected chi connectivity index (χ1v) is 8.18. The van der Waals surface area contributed by atoms with Crippen LogP contribution in [-0.4, -0.2) is 61.6 Å². The molecule has 20 heavy (non-hydrogen) atoms. The second-order valence-corrected chi connectivity index (χ2v) is 5.19. The molecule has 0 aromatic rings. The van der Waals surface area contributed by atoms with Crippen LogP contribution in [0.15, 0.2) is 0 Å². The summed E-state index contributed by atoms with van der Waals surface area (Å²) in [5.41, 5.74) is 0. The minimum atomic E-state index is -0.0804. The van der Waals surface area contributed by atoms with Crippen molar-refractivity contribution in [2.75, 3.05) is 39.8 Å². The number of nitrogens with zero attached hydrogens (tertiary/aromatic N) is 2. The first-order chi connectivity index (χ1) is 9.64. The number of hydrogen-bond donors (Lipinski definition) is 0. The van der Waals surface area contributed by atoms with Gasteiger partial charge in [-0.15, -0.1) is 0 Å². The van der Waals surface area contributed by atoms with Crippen molar-refractivity contribution >= 4 is 5.97 Å². The van der Waals surface area contributed by atoms with Crippen molar-refractivity contribution in [2.24, 2.45) is 0 Å². The number of esters is 1. The van der Waals surface area contributed by atoms with Crippen molar-refractivity contribution in [3.8, 4) is 0 Å². The fraction of sp³-hybridized carbons (Fsp3) is 0.938. The van der Waals surface area contributed by atoms with E-state index >= 15 is 0 Å². The smallest absolute Gasteiger partial charge is 0.323 e. The highest BCUT2D eigenvalue weighted by atomic mass is 16.5. The van der Waals surface area contributed by atoms with Gasteiger partial charge in [0.25, 0.3) is 0 Å². The summed E-state index contributed by atoms with van der Waals surface area (Å²) in [5.74, 6) is -0.0804. The molecule has 0 bridgehead atoms. The molecule has 0 radical (unpaired) electrons. The van der Waals surface area contributed by atoms with Crippen LogP contribution in [0.3, 0.4) is 0 Å². The Morgan fingerprint density at radius 3 is 2.10 bits per heavy atom. The van der Waals surface area contributed by atoms with Gasteiger partial charge in [0.1, 0.15) is 6.04 Å². The highest BCUT2D eigenvalue weighted by Gasteiger charge is 2.24. The van der Waals surface area contributed by atoms with Gasteiger partial charge in [0.05, 0.1) is 7.11 Å². The topological polar surface area (TPSA) is 32.8 Å². The van der Waals surface area contributed by atoms with E-state index in [1.807, 2.05) is 0 Å².